The number of nitrogens with one attached hydrogen (secondary N) is 3. The van der Waals surface area contributed by atoms with Gasteiger partial charge in [0, 0.05) is 29.9 Å². The van der Waals surface area contributed by atoms with Crippen molar-refractivity contribution in [2.24, 2.45) is 0 Å². The molecule has 1 aromatic carbocycles. The Bertz CT molecular complexity index is 1100. The van der Waals surface area contributed by atoms with Crippen LogP contribution in [0.3, 0.4) is 0 Å². The predicted octanol–water partition coefficient (Wildman–Crippen LogP) is 4.21. The molecule has 1 atom stereocenters. The van der Waals surface area contributed by atoms with Gasteiger partial charge in [0.05, 0.1) is 43.0 Å². The first-order chi connectivity index (χ1) is 14.6. The molecule has 0 aliphatic carbocycles. The molecule has 0 saturated carbocycles. The van der Waals surface area contributed by atoms with E-state index >= 15 is 0 Å². The number of carbonyl (C=O) groups is 1. The Balaban J connectivity index is 1.95. The summed E-state index contributed by atoms with van der Waals surface area (Å²) in [4.78, 5) is 20.4. The number of hydrogen-bond donors (Lipinski definition) is 3. The molecule has 0 bridgehead atoms. The Morgan fingerprint density at radius 3 is 2.83 bits per heavy atom. The molecule has 8 heteroatoms. The van der Waals surface area contributed by atoms with Crippen LogP contribution in [0.15, 0.2) is 36.7 Å². The van der Waals surface area contributed by atoms with Crippen molar-refractivity contribution >= 4 is 17.3 Å². The van der Waals surface area contributed by atoms with Gasteiger partial charge < -0.3 is 25.1 Å². The maximum absolute atomic E-state index is 14.3. The summed E-state index contributed by atoms with van der Waals surface area (Å²) in [6.45, 7) is 2.63. The van der Waals surface area contributed by atoms with E-state index in [1.54, 1.807) is 31.6 Å². The van der Waals surface area contributed by atoms with E-state index in [0.29, 0.717) is 34.9 Å². The van der Waals surface area contributed by atoms with Crippen molar-refractivity contribution in [2.45, 2.75) is 19.3 Å². The van der Waals surface area contributed by atoms with E-state index in [9.17, 15) is 9.18 Å². The van der Waals surface area contributed by atoms with Gasteiger partial charge in [0.25, 0.3) is 5.91 Å². The van der Waals surface area contributed by atoms with Crippen molar-refractivity contribution in [3.05, 3.63) is 53.7 Å². The summed E-state index contributed by atoms with van der Waals surface area (Å²) in [5, 5.41) is 6.18. The molecule has 1 aliphatic heterocycles. The number of aromatic amines is 1. The zero-order valence-corrected chi connectivity index (χ0v) is 17.0. The van der Waals surface area contributed by atoms with Crippen LogP contribution in [-0.2, 0) is 0 Å². The number of anilines is 2. The van der Waals surface area contributed by atoms with Crippen LogP contribution in [0.1, 0.15) is 35.3 Å². The first-order valence-corrected chi connectivity index (χ1v) is 9.70. The second-order valence-electron chi connectivity index (χ2n) is 7.00. The smallest absolute Gasteiger partial charge is 0.255 e. The molecule has 156 valence electrons. The molecule has 0 radical (unpaired) electrons. The average molecular weight is 410 g/mol. The molecule has 0 fully saturated rings. The number of methoxy groups -OCH3 is 2. The van der Waals surface area contributed by atoms with E-state index in [1.165, 1.54) is 13.2 Å². The maximum atomic E-state index is 14.3. The Hall–Kier alpha value is -3.55. The lowest BCUT2D eigenvalue weighted by atomic mass is 9.94. The number of carbonyl (C=O) groups excluding carboxylic acids is 1. The molecule has 1 aliphatic rings. The van der Waals surface area contributed by atoms with Crippen molar-refractivity contribution in [1.29, 1.82) is 0 Å². The summed E-state index contributed by atoms with van der Waals surface area (Å²) in [5.41, 5.74) is 3.71. The number of para-hydroxylation sites is 1. The van der Waals surface area contributed by atoms with Gasteiger partial charge in [-0.2, -0.15) is 0 Å². The van der Waals surface area contributed by atoms with Crippen LogP contribution in [0.5, 0.6) is 11.5 Å². The Morgan fingerprint density at radius 1 is 1.27 bits per heavy atom. The highest BCUT2D eigenvalue weighted by molar-refractivity contribution is 6.07. The lowest BCUT2D eigenvalue weighted by Gasteiger charge is -2.22. The molecule has 1 amide bonds. The monoisotopic (exact) mass is 410 g/mol. The molecule has 1 unspecified atom stereocenters. The van der Waals surface area contributed by atoms with E-state index < -0.39 is 5.82 Å². The van der Waals surface area contributed by atoms with E-state index in [-0.39, 0.29) is 17.6 Å². The Morgan fingerprint density at radius 2 is 2.10 bits per heavy atom. The van der Waals surface area contributed by atoms with Crippen molar-refractivity contribution in [3.8, 4) is 22.8 Å². The maximum Gasteiger partial charge on any atom is 0.255 e. The summed E-state index contributed by atoms with van der Waals surface area (Å²) in [6, 6.07) is 6.42. The number of aromatic nitrogens is 2. The molecule has 0 saturated heterocycles. The molecule has 0 spiro atoms. The number of pyridine rings is 1. The number of rotatable bonds is 6. The zero-order chi connectivity index (χ0) is 21.3. The molecular formula is C22H23FN4O3. The second kappa shape index (κ2) is 8.06. The standard InChI is InChI=1S/C22H23FN4O3/c1-4-12-10-25-22(28)17-18(12)27-19(13-8-9-24-11-16(13)29-2)20(17)26-15-7-5-6-14(23)21(15)30-3/h5-9,11-12,26-27H,4,10H2,1-3H3,(H,25,28). The van der Waals surface area contributed by atoms with Gasteiger partial charge in [-0.3, -0.25) is 9.78 Å². The van der Waals surface area contributed by atoms with E-state index in [0.717, 1.165) is 17.7 Å². The first-order valence-electron chi connectivity index (χ1n) is 9.70. The van der Waals surface area contributed by atoms with E-state index in [4.69, 9.17) is 9.47 Å². The predicted molar refractivity (Wildman–Crippen MR) is 112 cm³/mol. The topological polar surface area (TPSA) is 88.3 Å². The number of nitrogens with zero attached hydrogens (tertiary/aromatic N) is 1. The highest BCUT2D eigenvalue weighted by atomic mass is 19.1. The van der Waals surface area contributed by atoms with Crippen molar-refractivity contribution in [1.82, 2.24) is 15.3 Å². The quantitative estimate of drug-likeness (QED) is 0.566. The highest BCUT2D eigenvalue weighted by Gasteiger charge is 2.33. The van der Waals surface area contributed by atoms with Gasteiger partial charge in [-0.15, -0.1) is 0 Å². The van der Waals surface area contributed by atoms with Crippen molar-refractivity contribution < 1.29 is 18.7 Å². The normalized spacial score (nSPS) is 15.3. The van der Waals surface area contributed by atoms with Crippen molar-refractivity contribution in [3.63, 3.8) is 0 Å². The first kappa shape index (κ1) is 19.8. The lowest BCUT2D eigenvalue weighted by Crippen LogP contribution is -2.34. The summed E-state index contributed by atoms with van der Waals surface area (Å²) in [7, 11) is 2.97. The fourth-order valence-corrected chi connectivity index (χ4v) is 3.84. The molecule has 7 nitrogen and oxygen atoms in total. The molecule has 2 aromatic heterocycles. The third-order valence-electron chi connectivity index (χ3n) is 5.37. The number of H-pyrrole nitrogens is 1. The Labute approximate surface area is 173 Å². The minimum absolute atomic E-state index is 0.0725. The van der Waals surface area contributed by atoms with Crippen molar-refractivity contribution in [2.75, 3.05) is 26.1 Å². The van der Waals surface area contributed by atoms with Crippen LogP contribution in [0.2, 0.25) is 0 Å². The van der Waals surface area contributed by atoms with E-state index in [2.05, 4.69) is 27.5 Å². The third-order valence-corrected chi connectivity index (χ3v) is 5.37. The van der Waals surface area contributed by atoms with Gasteiger partial charge in [-0.05, 0) is 24.6 Å². The van der Waals surface area contributed by atoms with E-state index in [1.807, 2.05) is 6.07 Å². The van der Waals surface area contributed by atoms with Gasteiger partial charge in [-0.1, -0.05) is 13.0 Å². The molecule has 4 rings (SSSR count). The minimum Gasteiger partial charge on any atom is -0.494 e. The SMILES string of the molecule is CCC1CNC(=O)c2c1[nH]c(-c1ccncc1OC)c2Nc1cccc(F)c1OC. The number of ether oxygens (including phenoxy) is 2. The van der Waals surface area contributed by atoms with Crippen LogP contribution in [0.4, 0.5) is 15.8 Å². The largest absolute Gasteiger partial charge is 0.494 e. The van der Waals surface area contributed by atoms with Gasteiger partial charge in [0.2, 0.25) is 0 Å². The number of hydrogen-bond acceptors (Lipinski definition) is 5. The fraction of sp³-hybridized carbons (Fsp3) is 0.273. The fourth-order valence-electron chi connectivity index (χ4n) is 3.84. The minimum atomic E-state index is -0.495. The van der Waals surface area contributed by atoms with Gasteiger partial charge in [0.1, 0.15) is 5.75 Å². The molecule has 3 heterocycles. The summed E-state index contributed by atoms with van der Waals surface area (Å²) in [5.74, 6) is 0.0744. The van der Waals surface area contributed by atoms with Crippen LogP contribution >= 0.6 is 0 Å². The number of amides is 1. The molecule has 30 heavy (non-hydrogen) atoms. The van der Waals surface area contributed by atoms with Gasteiger partial charge >= 0.3 is 0 Å². The number of fused-ring (bicyclic) bond motifs is 1. The second-order valence-corrected chi connectivity index (χ2v) is 7.00. The lowest BCUT2D eigenvalue weighted by molar-refractivity contribution is 0.0940. The van der Waals surface area contributed by atoms with Crippen LogP contribution in [-0.4, -0.2) is 36.6 Å². The summed E-state index contributed by atoms with van der Waals surface area (Å²) in [6.07, 6.45) is 4.12. The third kappa shape index (κ3) is 3.24. The van der Waals surface area contributed by atoms with Crippen LogP contribution in [0.25, 0.3) is 11.3 Å². The Kier molecular flexibility index (Phi) is 5.31. The van der Waals surface area contributed by atoms with Crippen LogP contribution in [0, 0.1) is 5.82 Å². The average Bonchev–Trinajstić information content (AvgIpc) is 3.14. The number of benzene rings is 1. The summed E-state index contributed by atoms with van der Waals surface area (Å²) < 4.78 is 25.0. The summed E-state index contributed by atoms with van der Waals surface area (Å²) >= 11 is 0. The highest BCUT2D eigenvalue weighted by Crippen LogP contribution is 2.44. The number of halogens is 1. The molecule has 3 aromatic rings. The van der Waals surface area contributed by atoms with Gasteiger partial charge in [0.15, 0.2) is 11.6 Å². The molecular weight excluding hydrogens is 387 g/mol. The zero-order valence-electron chi connectivity index (χ0n) is 17.0. The molecule has 3 N–H and O–H groups in total. The van der Waals surface area contributed by atoms with Gasteiger partial charge in [-0.25, -0.2) is 4.39 Å². The van der Waals surface area contributed by atoms with Crippen LogP contribution < -0.4 is 20.1 Å².